The molecule has 0 radical (unpaired) electrons. The Labute approximate surface area is 166 Å². The van der Waals surface area contributed by atoms with E-state index in [1.165, 1.54) is 22.6 Å². The number of aryl methyl sites for hydroxylation is 1. The van der Waals surface area contributed by atoms with Gasteiger partial charge >= 0.3 is 6.18 Å². The van der Waals surface area contributed by atoms with Gasteiger partial charge in [-0.15, -0.1) is 0 Å². The van der Waals surface area contributed by atoms with Gasteiger partial charge in [-0.05, 0) is 32.0 Å². The van der Waals surface area contributed by atoms with Gasteiger partial charge < -0.3 is 4.90 Å². The maximum atomic E-state index is 12.9. The van der Waals surface area contributed by atoms with Gasteiger partial charge in [-0.3, -0.25) is 9.29 Å². The zero-order valence-corrected chi connectivity index (χ0v) is 16.6. The second kappa shape index (κ2) is 7.29. The molecule has 10 heteroatoms. The van der Waals surface area contributed by atoms with E-state index in [1.54, 1.807) is 30.2 Å². The fourth-order valence-corrected chi connectivity index (χ4v) is 4.44. The number of nitrogens with zero attached hydrogens (tertiary/aromatic N) is 3. The van der Waals surface area contributed by atoms with Gasteiger partial charge in [0.1, 0.15) is 6.17 Å². The van der Waals surface area contributed by atoms with Crippen molar-refractivity contribution in [3.63, 3.8) is 0 Å². The number of alkyl halides is 3. The van der Waals surface area contributed by atoms with Crippen LogP contribution in [0.1, 0.15) is 23.7 Å². The second-order valence-corrected chi connectivity index (χ2v) is 8.65. The van der Waals surface area contributed by atoms with Crippen LogP contribution in [0.3, 0.4) is 0 Å². The topological polar surface area (TPSA) is 53.5 Å². The SMILES string of the molecule is Cc1ccc(S(=O)(=O)N2C=CN(Cc3ncc(C(F)(F)F)cc3Cl)C2C)cc1. The van der Waals surface area contributed by atoms with Crippen LogP contribution in [0.5, 0.6) is 0 Å². The monoisotopic (exact) mass is 431 g/mol. The lowest BCUT2D eigenvalue weighted by Gasteiger charge is -2.29. The summed E-state index contributed by atoms with van der Waals surface area (Å²) >= 11 is 5.95. The van der Waals surface area contributed by atoms with E-state index in [1.807, 2.05) is 6.92 Å². The highest BCUT2D eigenvalue weighted by Crippen LogP contribution is 2.32. The predicted octanol–water partition coefficient (Wildman–Crippen LogP) is 4.39. The molecule has 150 valence electrons. The molecule has 0 aliphatic carbocycles. The van der Waals surface area contributed by atoms with Crippen molar-refractivity contribution >= 4 is 21.6 Å². The highest BCUT2D eigenvalue weighted by molar-refractivity contribution is 7.89. The van der Waals surface area contributed by atoms with Gasteiger partial charge in [0.15, 0.2) is 0 Å². The first-order valence-corrected chi connectivity index (χ1v) is 10.1. The van der Waals surface area contributed by atoms with Crippen molar-refractivity contribution in [1.29, 1.82) is 0 Å². The number of hydrogen-bond acceptors (Lipinski definition) is 4. The Morgan fingerprint density at radius 3 is 2.39 bits per heavy atom. The summed E-state index contributed by atoms with van der Waals surface area (Å²) in [6, 6.07) is 7.29. The Morgan fingerprint density at radius 1 is 1.18 bits per heavy atom. The fraction of sp³-hybridized carbons (Fsp3) is 0.278. The Morgan fingerprint density at radius 2 is 1.82 bits per heavy atom. The third-order valence-electron chi connectivity index (χ3n) is 4.43. The smallest absolute Gasteiger partial charge is 0.349 e. The summed E-state index contributed by atoms with van der Waals surface area (Å²) in [4.78, 5) is 5.59. The average molecular weight is 432 g/mol. The van der Waals surface area contributed by atoms with Crippen molar-refractivity contribution in [3.05, 3.63) is 70.8 Å². The molecule has 1 atom stereocenters. The first kappa shape index (κ1) is 20.5. The van der Waals surface area contributed by atoms with E-state index in [2.05, 4.69) is 4.98 Å². The lowest BCUT2D eigenvalue weighted by Crippen LogP contribution is -2.39. The summed E-state index contributed by atoms with van der Waals surface area (Å²) in [5, 5.41) is -0.129. The molecule has 0 spiro atoms. The van der Waals surface area contributed by atoms with E-state index in [-0.39, 0.29) is 22.2 Å². The molecule has 1 aliphatic heterocycles. The van der Waals surface area contributed by atoms with Crippen molar-refractivity contribution in [2.75, 3.05) is 0 Å². The molecule has 1 aromatic heterocycles. The van der Waals surface area contributed by atoms with E-state index in [0.717, 1.165) is 11.6 Å². The number of sulfonamides is 1. The zero-order valence-electron chi connectivity index (χ0n) is 15.0. The fourth-order valence-electron chi connectivity index (χ4n) is 2.75. The first-order valence-electron chi connectivity index (χ1n) is 8.26. The molecule has 0 bridgehead atoms. The number of benzene rings is 1. The molecule has 2 heterocycles. The van der Waals surface area contributed by atoms with Gasteiger partial charge in [-0.2, -0.15) is 13.2 Å². The lowest BCUT2D eigenvalue weighted by molar-refractivity contribution is -0.137. The largest absolute Gasteiger partial charge is 0.417 e. The molecule has 2 aromatic rings. The van der Waals surface area contributed by atoms with Crippen LogP contribution in [0, 0.1) is 6.92 Å². The summed E-state index contributed by atoms with van der Waals surface area (Å²) in [5.74, 6) is 0. The predicted molar refractivity (Wildman–Crippen MR) is 98.6 cm³/mol. The normalized spacial score (nSPS) is 17.4. The minimum atomic E-state index is -4.53. The van der Waals surface area contributed by atoms with E-state index >= 15 is 0 Å². The first-order chi connectivity index (χ1) is 13.0. The Balaban J connectivity index is 1.79. The highest BCUT2D eigenvalue weighted by Gasteiger charge is 2.34. The van der Waals surface area contributed by atoms with Crippen molar-refractivity contribution in [3.8, 4) is 0 Å². The molecule has 0 fully saturated rings. The van der Waals surface area contributed by atoms with Crippen LogP contribution < -0.4 is 0 Å². The van der Waals surface area contributed by atoms with Crippen LogP contribution in [-0.4, -0.2) is 28.8 Å². The maximum Gasteiger partial charge on any atom is 0.417 e. The minimum Gasteiger partial charge on any atom is -0.349 e. The molecule has 5 nitrogen and oxygen atoms in total. The van der Waals surface area contributed by atoms with Crippen molar-refractivity contribution in [1.82, 2.24) is 14.2 Å². The second-order valence-electron chi connectivity index (χ2n) is 6.40. The Kier molecular flexibility index (Phi) is 5.33. The third-order valence-corrected chi connectivity index (χ3v) is 6.60. The number of halogens is 4. The van der Waals surface area contributed by atoms with Gasteiger partial charge in [0.25, 0.3) is 10.0 Å². The zero-order chi connectivity index (χ0) is 20.7. The molecule has 0 saturated carbocycles. The maximum absolute atomic E-state index is 12.9. The lowest BCUT2D eigenvalue weighted by atomic mass is 10.2. The molecule has 0 saturated heterocycles. The average Bonchev–Trinajstić information content (AvgIpc) is 2.97. The van der Waals surface area contributed by atoms with Crippen molar-refractivity contribution < 1.29 is 21.6 Å². The summed E-state index contributed by atoms with van der Waals surface area (Å²) in [7, 11) is -3.76. The number of pyridine rings is 1. The van der Waals surface area contributed by atoms with Crippen molar-refractivity contribution in [2.24, 2.45) is 0 Å². The summed E-state index contributed by atoms with van der Waals surface area (Å²) < 4.78 is 65.1. The minimum absolute atomic E-state index is 0.0640. The van der Waals surface area contributed by atoms with Gasteiger partial charge in [0.05, 0.1) is 27.7 Å². The quantitative estimate of drug-likeness (QED) is 0.720. The van der Waals surface area contributed by atoms with Gasteiger partial charge in [0, 0.05) is 18.6 Å². The Bertz CT molecular complexity index is 1010. The van der Waals surface area contributed by atoms with Crippen LogP contribution in [0.25, 0.3) is 0 Å². The molecule has 0 amide bonds. The number of hydrogen-bond donors (Lipinski definition) is 0. The van der Waals surface area contributed by atoms with E-state index < -0.39 is 27.9 Å². The van der Waals surface area contributed by atoms with Crippen molar-refractivity contribution in [2.45, 2.75) is 37.6 Å². The van der Waals surface area contributed by atoms with Crippen LogP contribution in [0.2, 0.25) is 5.02 Å². The van der Waals surface area contributed by atoms with Crippen LogP contribution in [-0.2, 0) is 22.7 Å². The summed E-state index contributed by atoms with van der Waals surface area (Å²) in [6.45, 7) is 3.59. The summed E-state index contributed by atoms with van der Waals surface area (Å²) in [6.07, 6.45) is -1.45. The molecule has 0 N–H and O–H groups in total. The third kappa shape index (κ3) is 3.95. The van der Waals surface area contributed by atoms with Crippen LogP contribution in [0.4, 0.5) is 13.2 Å². The van der Waals surface area contributed by atoms with Gasteiger partial charge in [0.2, 0.25) is 0 Å². The van der Waals surface area contributed by atoms with Crippen LogP contribution >= 0.6 is 11.6 Å². The van der Waals surface area contributed by atoms with Gasteiger partial charge in [-0.1, -0.05) is 29.3 Å². The molecule has 28 heavy (non-hydrogen) atoms. The molecule has 3 rings (SSSR count). The molecule has 1 aliphatic rings. The number of rotatable bonds is 4. The molecule has 1 aromatic carbocycles. The van der Waals surface area contributed by atoms with Gasteiger partial charge in [-0.25, -0.2) is 8.42 Å². The molecular weight excluding hydrogens is 415 g/mol. The van der Waals surface area contributed by atoms with E-state index in [4.69, 9.17) is 11.6 Å². The number of aromatic nitrogens is 1. The van der Waals surface area contributed by atoms with Crippen LogP contribution in [0.15, 0.2) is 53.8 Å². The molecule has 1 unspecified atom stereocenters. The van der Waals surface area contributed by atoms with E-state index in [9.17, 15) is 21.6 Å². The highest BCUT2D eigenvalue weighted by atomic mass is 35.5. The summed E-state index contributed by atoms with van der Waals surface area (Å²) in [5.41, 5.74) is 0.226. The van der Waals surface area contributed by atoms with E-state index in [0.29, 0.717) is 6.20 Å². The Hall–Kier alpha value is -2.26. The molecular formula is C18H17ClF3N3O2S. The standard InChI is InChI=1S/C18H17ClF3N3O2S/c1-12-3-5-15(6-4-12)28(26,27)25-8-7-24(13(25)2)11-17-16(19)9-14(10-23-17)18(20,21)22/h3-10,13H,11H2,1-2H3.